The summed E-state index contributed by atoms with van der Waals surface area (Å²) < 4.78 is 10.9. The van der Waals surface area contributed by atoms with Crippen molar-refractivity contribution in [3.63, 3.8) is 0 Å². The molecule has 4 nitrogen and oxygen atoms in total. The van der Waals surface area contributed by atoms with Gasteiger partial charge in [0.2, 0.25) is 5.91 Å². The summed E-state index contributed by atoms with van der Waals surface area (Å²) in [6, 6.07) is 8.98. The lowest BCUT2D eigenvalue weighted by molar-refractivity contribution is -0.127. The zero-order chi connectivity index (χ0) is 14.8. The molecule has 1 aliphatic rings. The Morgan fingerprint density at radius 2 is 2.29 bits per heavy atom. The van der Waals surface area contributed by atoms with Crippen LogP contribution in [-0.4, -0.2) is 12.5 Å². The van der Waals surface area contributed by atoms with E-state index in [1.54, 1.807) is 18.4 Å². The third-order valence-corrected chi connectivity index (χ3v) is 3.86. The largest absolute Gasteiger partial charge is 0.492 e. The van der Waals surface area contributed by atoms with E-state index in [4.69, 9.17) is 20.8 Å². The number of carbonyl (C=O) groups excluding carboxylic acids is 1. The molecule has 2 heterocycles. The monoisotopic (exact) mass is 305 g/mol. The number of amides is 1. The van der Waals surface area contributed by atoms with Crippen LogP contribution in [-0.2, 0) is 11.2 Å². The number of benzene rings is 1. The quantitative estimate of drug-likeness (QED) is 0.946. The average molecular weight is 306 g/mol. The Balaban J connectivity index is 1.67. The Kier molecular flexibility index (Phi) is 3.88. The number of halogens is 1. The maximum Gasteiger partial charge on any atom is 0.227 e. The number of fused-ring (bicyclic) bond motifs is 1. The molecule has 2 atom stereocenters. The van der Waals surface area contributed by atoms with Gasteiger partial charge in [0.05, 0.1) is 18.2 Å². The molecule has 5 heteroatoms. The minimum atomic E-state index is -0.214. The molecule has 0 saturated carbocycles. The predicted octanol–water partition coefficient (Wildman–Crippen LogP) is 3.36. The van der Waals surface area contributed by atoms with Crippen molar-refractivity contribution >= 4 is 17.5 Å². The molecule has 0 spiro atoms. The molecule has 0 unspecified atom stereocenters. The average Bonchev–Trinajstić information content (AvgIpc) is 3.00. The number of furan rings is 1. The predicted molar refractivity (Wildman–Crippen MR) is 79.4 cm³/mol. The molecular formula is C16H16ClNO3. The van der Waals surface area contributed by atoms with Gasteiger partial charge in [0.1, 0.15) is 18.1 Å². The minimum absolute atomic E-state index is 0.0375. The lowest BCUT2D eigenvalue weighted by atomic mass is 9.95. The van der Waals surface area contributed by atoms with E-state index in [9.17, 15) is 4.79 Å². The summed E-state index contributed by atoms with van der Waals surface area (Å²) in [7, 11) is 0. The van der Waals surface area contributed by atoms with Crippen molar-refractivity contribution < 1.29 is 13.9 Å². The van der Waals surface area contributed by atoms with Gasteiger partial charge in [-0.25, -0.2) is 0 Å². The van der Waals surface area contributed by atoms with Gasteiger partial charge >= 0.3 is 0 Å². The molecule has 21 heavy (non-hydrogen) atoms. The zero-order valence-corrected chi connectivity index (χ0v) is 12.4. The maximum atomic E-state index is 12.3. The fourth-order valence-corrected chi connectivity index (χ4v) is 2.67. The molecule has 1 aromatic heterocycles. The van der Waals surface area contributed by atoms with Crippen LogP contribution in [0.4, 0.5) is 0 Å². The van der Waals surface area contributed by atoms with Gasteiger partial charge in [-0.15, -0.1) is 0 Å². The van der Waals surface area contributed by atoms with E-state index in [-0.39, 0.29) is 17.9 Å². The first-order valence-corrected chi connectivity index (χ1v) is 7.26. The molecule has 1 amide bonds. The highest BCUT2D eigenvalue weighted by Gasteiger charge is 2.27. The maximum absolute atomic E-state index is 12.3. The van der Waals surface area contributed by atoms with Crippen molar-refractivity contribution in [2.75, 3.05) is 6.61 Å². The molecule has 1 aliphatic heterocycles. The molecule has 110 valence electrons. The molecule has 1 aromatic carbocycles. The van der Waals surface area contributed by atoms with Gasteiger partial charge in [0.15, 0.2) is 0 Å². The summed E-state index contributed by atoms with van der Waals surface area (Å²) in [5.41, 5.74) is 0.972. The minimum Gasteiger partial charge on any atom is -0.492 e. The highest BCUT2D eigenvalue weighted by Crippen LogP contribution is 2.30. The van der Waals surface area contributed by atoms with Crippen LogP contribution in [0.1, 0.15) is 24.3 Å². The third kappa shape index (κ3) is 3.05. The lowest BCUT2D eigenvalue weighted by Gasteiger charge is -2.25. The van der Waals surface area contributed by atoms with E-state index in [0.29, 0.717) is 18.1 Å². The standard InChI is InChI=1S/C16H16ClNO3/c1-10(14-3-2-6-20-14)18-16(19)12-7-11-8-13(17)4-5-15(11)21-9-12/h2-6,8,10,12H,7,9H2,1H3,(H,18,19)/t10-,12-/m0/s1. The molecular weight excluding hydrogens is 290 g/mol. The smallest absolute Gasteiger partial charge is 0.227 e. The van der Waals surface area contributed by atoms with E-state index >= 15 is 0 Å². The first kappa shape index (κ1) is 14.0. The molecule has 0 fully saturated rings. The highest BCUT2D eigenvalue weighted by molar-refractivity contribution is 6.30. The summed E-state index contributed by atoms with van der Waals surface area (Å²) in [5, 5.41) is 3.61. The number of hydrogen-bond acceptors (Lipinski definition) is 3. The number of hydrogen-bond donors (Lipinski definition) is 1. The van der Waals surface area contributed by atoms with Gasteiger partial charge in [-0.05, 0) is 49.2 Å². The van der Waals surface area contributed by atoms with Gasteiger partial charge in [-0.1, -0.05) is 11.6 Å². The normalized spacial score (nSPS) is 18.5. The summed E-state index contributed by atoms with van der Waals surface area (Å²) in [6.07, 6.45) is 2.23. The van der Waals surface area contributed by atoms with E-state index in [0.717, 1.165) is 17.1 Å². The molecule has 0 aliphatic carbocycles. The van der Waals surface area contributed by atoms with Gasteiger partial charge in [0.25, 0.3) is 0 Å². The summed E-state index contributed by atoms with van der Waals surface area (Å²) in [6.45, 7) is 2.27. The topological polar surface area (TPSA) is 51.5 Å². The van der Waals surface area contributed by atoms with Crippen molar-refractivity contribution in [2.45, 2.75) is 19.4 Å². The van der Waals surface area contributed by atoms with Gasteiger partial charge in [-0.3, -0.25) is 4.79 Å². The van der Waals surface area contributed by atoms with Crippen molar-refractivity contribution in [1.29, 1.82) is 0 Å². The molecule has 0 bridgehead atoms. The van der Waals surface area contributed by atoms with Gasteiger partial charge < -0.3 is 14.5 Å². The highest BCUT2D eigenvalue weighted by atomic mass is 35.5. The van der Waals surface area contributed by atoms with Crippen LogP contribution >= 0.6 is 11.6 Å². The first-order valence-electron chi connectivity index (χ1n) is 6.88. The van der Waals surface area contributed by atoms with E-state index in [1.807, 2.05) is 25.1 Å². The SMILES string of the molecule is C[C@H](NC(=O)[C@@H]1COc2ccc(Cl)cc2C1)c1ccco1. The fourth-order valence-electron chi connectivity index (χ4n) is 2.47. The van der Waals surface area contributed by atoms with Crippen molar-refractivity contribution in [2.24, 2.45) is 5.92 Å². The van der Waals surface area contributed by atoms with Crippen LogP contribution in [0, 0.1) is 5.92 Å². The van der Waals surface area contributed by atoms with Crippen LogP contribution in [0.15, 0.2) is 41.0 Å². The van der Waals surface area contributed by atoms with Crippen molar-refractivity contribution in [3.8, 4) is 5.75 Å². The summed E-state index contributed by atoms with van der Waals surface area (Å²) >= 11 is 5.99. The zero-order valence-electron chi connectivity index (χ0n) is 11.6. The van der Waals surface area contributed by atoms with Crippen molar-refractivity contribution in [1.82, 2.24) is 5.32 Å². The molecule has 2 aromatic rings. The Labute approximate surface area is 128 Å². The van der Waals surface area contributed by atoms with Crippen LogP contribution in [0.3, 0.4) is 0 Å². The Hall–Kier alpha value is -1.94. The second-order valence-electron chi connectivity index (χ2n) is 5.21. The fraction of sp³-hybridized carbons (Fsp3) is 0.312. The Morgan fingerprint density at radius 3 is 3.05 bits per heavy atom. The van der Waals surface area contributed by atoms with Crippen LogP contribution in [0.2, 0.25) is 5.02 Å². The Bertz CT molecular complexity index is 639. The van der Waals surface area contributed by atoms with Crippen LogP contribution < -0.4 is 10.1 Å². The first-order chi connectivity index (χ1) is 10.1. The molecule has 3 rings (SSSR count). The second kappa shape index (κ2) is 5.82. The lowest BCUT2D eigenvalue weighted by Crippen LogP contribution is -2.38. The third-order valence-electron chi connectivity index (χ3n) is 3.63. The second-order valence-corrected chi connectivity index (χ2v) is 5.65. The van der Waals surface area contributed by atoms with Crippen LogP contribution in [0.5, 0.6) is 5.75 Å². The Morgan fingerprint density at radius 1 is 1.43 bits per heavy atom. The van der Waals surface area contributed by atoms with E-state index in [1.165, 1.54) is 0 Å². The summed E-state index contributed by atoms with van der Waals surface area (Å²) in [5.74, 6) is 1.30. The number of nitrogens with one attached hydrogen (secondary N) is 1. The van der Waals surface area contributed by atoms with Gasteiger partial charge in [-0.2, -0.15) is 0 Å². The number of rotatable bonds is 3. The number of ether oxygens (including phenoxy) is 1. The summed E-state index contributed by atoms with van der Waals surface area (Å²) in [4.78, 5) is 12.3. The van der Waals surface area contributed by atoms with Crippen LogP contribution in [0.25, 0.3) is 0 Å². The molecule has 0 radical (unpaired) electrons. The molecule has 1 N–H and O–H groups in total. The van der Waals surface area contributed by atoms with Crippen molar-refractivity contribution in [3.05, 3.63) is 52.9 Å². The van der Waals surface area contributed by atoms with Gasteiger partial charge in [0, 0.05) is 5.02 Å². The van der Waals surface area contributed by atoms with E-state index < -0.39 is 0 Å². The number of carbonyl (C=O) groups is 1. The van der Waals surface area contributed by atoms with E-state index in [2.05, 4.69) is 5.32 Å². The molecule has 0 saturated heterocycles.